The average Bonchev–Trinajstić information content (AvgIpc) is 2.96. The van der Waals surface area contributed by atoms with Gasteiger partial charge in [-0.1, -0.05) is 30.3 Å². The predicted octanol–water partition coefficient (Wildman–Crippen LogP) is 2.13. The number of hydrogen-bond donors (Lipinski definition) is 2. The number of hydrogen-bond acceptors (Lipinski definition) is 4. The Kier molecular flexibility index (Phi) is 4.49. The first kappa shape index (κ1) is 15.1. The number of amides is 1. The van der Waals surface area contributed by atoms with Crippen LogP contribution < -0.4 is 5.32 Å². The van der Waals surface area contributed by atoms with Gasteiger partial charge in [-0.05, 0) is 29.9 Å². The van der Waals surface area contributed by atoms with E-state index < -0.39 is 5.60 Å². The molecule has 22 heavy (non-hydrogen) atoms. The summed E-state index contributed by atoms with van der Waals surface area (Å²) in [6, 6.07) is 11.8. The molecule has 0 aliphatic carbocycles. The van der Waals surface area contributed by atoms with E-state index in [0.717, 1.165) is 17.1 Å². The van der Waals surface area contributed by atoms with Gasteiger partial charge in [-0.15, -0.1) is 0 Å². The van der Waals surface area contributed by atoms with Gasteiger partial charge >= 0.3 is 0 Å². The highest BCUT2D eigenvalue weighted by Crippen LogP contribution is 2.28. The van der Waals surface area contributed by atoms with Crippen LogP contribution >= 0.6 is 11.8 Å². The predicted molar refractivity (Wildman–Crippen MR) is 87.9 cm³/mol. The number of anilines is 1. The zero-order valence-corrected chi connectivity index (χ0v) is 13.1. The van der Waals surface area contributed by atoms with Crippen molar-refractivity contribution < 1.29 is 9.90 Å². The summed E-state index contributed by atoms with van der Waals surface area (Å²) in [6.07, 6.45) is 2.81. The van der Waals surface area contributed by atoms with Crippen LogP contribution in [0.1, 0.15) is 18.4 Å². The maximum Gasteiger partial charge on any atom is 0.257 e. The van der Waals surface area contributed by atoms with Crippen molar-refractivity contribution in [1.82, 2.24) is 9.78 Å². The highest BCUT2D eigenvalue weighted by atomic mass is 32.2. The molecule has 1 aromatic carbocycles. The molecular formula is C16H19N3O2S. The van der Waals surface area contributed by atoms with Crippen LogP contribution in [0.4, 0.5) is 5.82 Å². The Labute approximate surface area is 133 Å². The minimum Gasteiger partial charge on any atom is -0.380 e. The van der Waals surface area contributed by atoms with Crippen LogP contribution in [0, 0.1) is 0 Å². The molecule has 0 saturated carbocycles. The molecule has 0 atom stereocenters. The molecule has 2 aromatic rings. The van der Waals surface area contributed by atoms with Crippen molar-refractivity contribution in [3.8, 4) is 0 Å². The zero-order chi connectivity index (χ0) is 15.4. The Bertz CT molecular complexity index is 636. The molecule has 2 N–H and O–H groups in total. The van der Waals surface area contributed by atoms with E-state index in [1.165, 1.54) is 0 Å². The van der Waals surface area contributed by atoms with Gasteiger partial charge in [0, 0.05) is 12.3 Å². The third kappa shape index (κ3) is 3.51. The van der Waals surface area contributed by atoms with Crippen molar-refractivity contribution >= 4 is 23.5 Å². The smallest absolute Gasteiger partial charge is 0.257 e. The second-order valence-electron chi connectivity index (χ2n) is 5.48. The fourth-order valence-corrected chi connectivity index (χ4v) is 3.62. The van der Waals surface area contributed by atoms with Crippen molar-refractivity contribution in [3.63, 3.8) is 0 Å². The van der Waals surface area contributed by atoms with Crippen LogP contribution in [0.5, 0.6) is 0 Å². The largest absolute Gasteiger partial charge is 0.380 e. The van der Waals surface area contributed by atoms with Gasteiger partial charge in [0.1, 0.15) is 5.60 Å². The van der Waals surface area contributed by atoms with Crippen LogP contribution in [0.25, 0.3) is 0 Å². The highest BCUT2D eigenvalue weighted by Gasteiger charge is 2.37. The topological polar surface area (TPSA) is 67.2 Å². The molecule has 5 nitrogen and oxygen atoms in total. The summed E-state index contributed by atoms with van der Waals surface area (Å²) in [4.78, 5) is 12.2. The molecule has 0 radical (unpaired) electrons. The maximum atomic E-state index is 12.2. The lowest BCUT2D eigenvalue weighted by molar-refractivity contribution is -0.134. The highest BCUT2D eigenvalue weighted by molar-refractivity contribution is 7.99. The summed E-state index contributed by atoms with van der Waals surface area (Å²) in [7, 11) is 0. The van der Waals surface area contributed by atoms with E-state index in [-0.39, 0.29) is 5.91 Å². The third-order valence-corrected chi connectivity index (χ3v) is 4.80. The van der Waals surface area contributed by atoms with Gasteiger partial charge in [-0.2, -0.15) is 16.9 Å². The second kappa shape index (κ2) is 6.54. The first-order valence-corrected chi connectivity index (χ1v) is 8.50. The number of aliphatic hydroxyl groups is 1. The van der Waals surface area contributed by atoms with Crippen LogP contribution in [-0.2, 0) is 11.3 Å². The van der Waals surface area contributed by atoms with E-state index >= 15 is 0 Å². The number of aromatic nitrogens is 2. The molecule has 1 aliphatic rings. The van der Waals surface area contributed by atoms with E-state index in [1.54, 1.807) is 22.5 Å². The van der Waals surface area contributed by atoms with Crippen molar-refractivity contribution in [2.24, 2.45) is 0 Å². The standard InChI is InChI=1S/C16H19N3O2S/c20-15(16(21)7-10-22-11-8-16)17-14-6-9-19(18-14)12-13-4-2-1-3-5-13/h1-6,9,21H,7-8,10-12H2,(H,17,18,20). The molecule has 3 rings (SSSR count). The van der Waals surface area contributed by atoms with Gasteiger partial charge in [0.05, 0.1) is 6.54 Å². The van der Waals surface area contributed by atoms with Crippen molar-refractivity contribution in [2.45, 2.75) is 25.0 Å². The fraction of sp³-hybridized carbons (Fsp3) is 0.375. The van der Waals surface area contributed by atoms with Gasteiger partial charge in [0.25, 0.3) is 5.91 Å². The lowest BCUT2D eigenvalue weighted by Gasteiger charge is -2.29. The molecule has 116 valence electrons. The van der Waals surface area contributed by atoms with Crippen LogP contribution in [0.3, 0.4) is 0 Å². The normalized spacial score (nSPS) is 17.1. The molecule has 1 amide bonds. The molecule has 2 heterocycles. The summed E-state index contributed by atoms with van der Waals surface area (Å²) in [6.45, 7) is 0.650. The van der Waals surface area contributed by atoms with Gasteiger partial charge in [-0.3, -0.25) is 9.48 Å². The first-order valence-electron chi connectivity index (χ1n) is 7.35. The Morgan fingerprint density at radius 3 is 2.73 bits per heavy atom. The summed E-state index contributed by atoms with van der Waals surface area (Å²) in [5.74, 6) is 1.75. The maximum absolute atomic E-state index is 12.2. The minimum atomic E-state index is -1.26. The number of nitrogens with one attached hydrogen (secondary N) is 1. The van der Waals surface area contributed by atoms with Gasteiger partial charge in [-0.25, -0.2) is 0 Å². The number of nitrogens with zero attached hydrogens (tertiary/aromatic N) is 2. The molecule has 1 saturated heterocycles. The third-order valence-electron chi connectivity index (χ3n) is 3.81. The number of thioether (sulfide) groups is 1. The van der Waals surface area contributed by atoms with Crippen LogP contribution in [0.2, 0.25) is 0 Å². The van der Waals surface area contributed by atoms with E-state index in [2.05, 4.69) is 10.4 Å². The summed E-state index contributed by atoms with van der Waals surface area (Å²) < 4.78 is 1.77. The molecule has 1 aromatic heterocycles. The second-order valence-corrected chi connectivity index (χ2v) is 6.71. The minimum absolute atomic E-state index is 0.349. The monoisotopic (exact) mass is 317 g/mol. The Hall–Kier alpha value is -1.79. The molecular weight excluding hydrogens is 298 g/mol. The summed E-state index contributed by atoms with van der Waals surface area (Å²) in [5, 5.41) is 17.5. The number of rotatable bonds is 4. The van der Waals surface area contributed by atoms with Crippen molar-refractivity contribution in [1.29, 1.82) is 0 Å². The lowest BCUT2D eigenvalue weighted by Crippen LogP contribution is -2.45. The summed E-state index contributed by atoms with van der Waals surface area (Å²) in [5.41, 5.74) is -0.111. The Morgan fingerprint density at radius 2 is 2.00 bits per heavy atom. The number of carbonyl (C=O) groups excluding carboxylic acids is 1. The van der Waals surface area contributed by atoms with Crippen molar-refractivity contribution in [3.05, 3.63) is 48.2 Å². The SMILES string of the molecule is O=C(Nc1ccn(Cc2ccccc2)n1)C1(O)CCSCC1. The zero-order valence-electron chi connectivity index (χ0n) is 12.2. The van der Waals surface area contributed by atoms with E-state index in [0.29, 0.717) is 25.2 Å². The van der Waals surface area contributed by atoms with Gasteiger partial charge in [0.2, 0.25) is 0 Å². The first-order chi connectivity index (χ1) is 10.7. The van der Waals surface area contributed by atoms with E-state index in [9.17, 15) is 9.90 Å². The molecule has 6 heteroatoms. The quantitative estimate of drug-likeness (QED) is 0.906. The Morgan fingerprint density at radius 1 is 1.27 bits per heavy atom. The van der Waals surface area contributed by atoms with Gasteiger partial charge in [0.15, 0.2) is 5.82 Å². The van der Waals surface area contributed by atoms with Crippen molar-refractivity contribution in [2.75, 3.05) is 16.8 Å². The van der Waals surface area contributed by atoms with Crippen LogP contribution in [0.15, 0.2) is 42.6 Å². The average molecular weight is 317 g/mol. The lowest BCUT2D eigenvalue weighted by atomic mass is 9.96. The fourth-order valence-electron chi connectivity index (χ4n) is 2.46. The Balaban J connectivity index is 1.63. The van der Waals surface area contributed by atoms with E-state index in [1.807, 2.05) is 36.5 Å². The molecule has 1 fully saturated rings. The summed E-state index contributed by atoms with van der Waals surface area (Å²) >= 11 is 1.77. The van der Waals surface area contributed by atoms with Gasteiger partial charge < -0.3 is 10.4 Å². The van der Waals surface area contributed by atoms with Crippen LogP contribution in [-0.4, -0.2) is 37.9 Å². The molecule has 0 bridgehead atoms. The number of carbonyl (C=O) groups is 1. The molecule has 1 aliphatic heterocycles. The molecule has 0 unspecified atom stereocenters. The van der Waals surface area contributed by atoms with E-state index in [4.69, 9.17) is 0 Å². The number of benzene rings is 1. The molecule has 0 spiro atoms.